The van der Waals surface area contributed by atoms with Crippen molar-refractivity contribution in [2.24, 2.45) is 0 Å². The fraction of sp³-hybridized carbons (Fsp3) is 0.714. The summed E-state index contributed by atoms with van der Waals surface area (Å²) in [6, 6.07) is -0.946. The lowest BCUT2D eigenvalue weighted by Gasteiger charge is -2.14. The number of aliphatic carboxylic acids is 1. The topological polar surface area (TPSA) is 105 Å². The molecular formula is C14H21F2N3O4. The predicted molar refractivity (Wildman–Crippen MR) is 75.9 cm³/mol. The Hall–Kier alpha value is -2.06. The van der Waals surface area contributed by atoms with Gasteiger partial charge in [-0.3, -0.25) is 4.79 Å². The Morgan fingerprint density at radius 1 is 1.26 bits per heavy atom. The molecule has 0 bridgehead atoms. The molecule has 1 amide bonds. The van der Waals surface area contributed by atoms with Crippen molar-refractivity contribution < 1.29 is 27.9 Å². The predicted octanol–water partition coefficient (Wildman–Crippen LogP) is 2.48. The molecule has 0 aromatic carbocycles. The molecule has 0 saturated carbocycles. The van der Waals surface area contributed by atoms with Gasteiger partial charge in [0.2, 0.25) is 11.8 Å². The summed E-state index contributed by atoms with van der Waals surface area (Å²) in [5.41, 5.74) is 0. The molecule has 1 rings (SSSR count). The van der Waals surface area contributed by atoms with Gasteiger partial charge in [-0.1, -0.05) is 32.6 Å². The number of aryl methyl sites for hydroxylation is 1. The van der Waals surface area contributed by atoms with Gasteiger partial charge in [0.15, 0.2) is 0 Å². The molecular weight excluding hydrogens is 312 g/mol. The maximum absolute atomic E-state index is 12.3. The van der Waals surface area contributed by atoms with Gasteiger partial charge < -0.3 is 14.8 Å². The lowest BCUT2D eigenvalue weighted by atomic mass is 10.1. The molecule has 1 aromatic heterocycles. The summed E-state index contributed by atoms with van der Waals surface area (Å²) in [4.78, 5) is 22.9. The van der Waals surface area contributed by atoms with Gasteiger partial charge in [-0.2, -0.15) is 8.78 Å². The Morgan fingerprint density at radius 3 is 2.57 bits per heavy atom. The molecule has 0 saturated heterocycles. The number of unbranched alkanes of at least 4 members (excludes halogenated alkanes) is 3. The van der Waals surface area contributed by atoms with Crippen molar-refractivity contribution in [1.29, 1.82) is 0 Å². The van der Waals surface area contributed by atoms with E-state index in [1.807, 2.05) is 6.92 Å². The van der Waals surface area contributed by atoms with Gasteiger partial charge in [-0.15, -0.1) is 10.2 Å². The van der Waals surface area contributed by atoms with Crippen LogP contribution in [0.25, 0.3) is 0 Å². The summed E-state index contributed by atoms with van der Waals surface area (Å²) >= 11 is 0. The van der Waals surface area contributed by atoms with Crippen molar-refractivity contribution in [2.45, 2.75) is 64.3 Å². The van der Waals surface area contributed by atoms with E-state index in [-0.39, 0.29) is 18.7 Å². The van der Waals surface area contributed by atoms with Crippen molar-refractivity contribution in [3.05, 3.63) is 11.8 Å². The number of carboxylic acid groups (broad SMARTS) is 1. The van der Waals surface area contributed by atoms with E-state index in [2.05, 4.69) is 19.9 Å². The number of hydrogen-bond donors (Lipinski definition) is 2. The molecule has 1 atom stereocenters. The highest BCUT2D eigenvalue weighted by atomic mass is 19.3. The highest BCUT2D eigenvalue weighted by Gasteiger charge is 2.20. The Kier molecular flexibility index (Phi) is 8.14. The number of carbonyl (C=O) groups excluding carboxylic acids is 1. The second kappa shape index (κ2) is 9.86. The molecule has 2 N–H and O–H groups in total. The van der Waals surface area contributed by atoms with Crippen LogP contribution in [0, 0.1) is 0 Å². The Morgan fingerprint density at radius 2 is 2.00 bits per heavy atom. The van der Waals surface area contributed by atoms with Crippen molar-refractivity contribution in [2.75, 3.05) is 0 Å². The van der Waals surface area contributed by atoms with Crippen molar-refractivity contribution in [1.82, 2.24) is 15.5 Å². The third kappa shape index (κ3) is 7.16. The van der Waals surface area contributed by atoms with Gasteiger partial charge in [-0.25, -0.2) is 4.79 Å². The van der Waals surface area contributed by atoms with E-state index in [0.29, 0.717) is 12.8 Å². The summed E-state index contributed by atoms with van der Waals surface area (Å²) in [5, 5.41) is 18.1. The Labute approximate surface area is 132 Å². The number of halogens is 2. The summed E-state index contributed by atoms with van der Waals surface area (Å²) in [5.74, 6) is -2.46. The smallest absolute Gasteiger partial charge is 0.326 e. The van der Waals surface area contributed by atoms with Crippen LogP contribution in [0.1, 0.15) is 63.7 Å². The minimum absolute atomic E-state index is 0.0201. The van der Waals surface area contributed by atoms with E-state index in [1.165, 1.54) is 0 Å². The van der Waals surface area contributed by atoms with E-state index in [9.17, 15) is 18.4 Å². The molecule has 0 aliphatic carbocycles. The molecule has 9 heteroatoms. The van der Waals surface area contributed by atoms with Gasteiger partial charge in [-0.05, 0) is 6.42 Å². The SMILES string of the molecule is CCCCCCC(NC(=O)CCc1nnc(C(F)F)o1)C(=O)O. The average molecular weight is 333 g/mol. The van der Waals surface area contributed by atoms with Gasteiger partial charge in [0.25, 0.3) is 5.89 Å². The van der Waals surface area contributed by atoms with Crippen LogP contribution in [0.3, 0.4) is 0 Å². The van der Waals surface area contributed by atoms with Crippen LogP contribution in [0.15, 0.2) is 4.42 Å². The fourth-order valence-corrected chi connectivity index (χ4v) is 1.98. The first-order chi connectivity index (χ1) is 10.9. The summed E-state index contributed by atoms with van der Waals surface area (Å²) in [7, 11) is 0. The standard InChI is InChI=1S/C14H21F2N3O4/c1-2-3-4-5-6-9(14(21)22)17-10(20)7-8-11-18-19-13(23-11)12(15)16/h9,12H,2-8H2,1H3,(H,17,20)(H,21,22). The minimum Gasteiger partial charge on any atom is -0.480 e. The first-order valence-corrected chi connectivity index (χ1v) is 7.56. The summed E-state index contributed by atoms with van der Waals surface area (Å²) in [6.07, 6.45) is 1.05. The fourth-order valence-electron chi connectivity index (χ4n) is 1.98. The maximum Gasteiger partial charge on any atom is 0.326 e. The molecule has 0 aliphatic rings. The highest BCUT2D eigenvalue weighted by Crippen LogP contribution is 2.17. The highest BCUT2D eigenvalue weighted by molar-refractivity contribution is 5.83. The van der Waals surface area contributed by atoms with Crippen LogP contribution in [-0.4, -0.2) is 33.2 Å². The third-order valence-electron chi connectivity index (χ3n) is 3.21. The number of carbonyl (C=O) groups is 2. The molecule has 0 spiro atoms. The van der Waals surface area contributed by atoms with Crippen LogP contribution >= 0.6 is 0 Å². The molecule has 0 aliphatic heterocycles. The van der Waals surface area contributed by atoms with Gasteiger partial charge >= 0.3 is 12.4 Å². The number of nitrogens with one attached hydrogen (secondary N) is 1. The van der Waals surface area contributed by atoms with E-state index in [1.54, 1.807) is 0 Å². The molecule has 1 heterocycles. The minimum atomic E-state index is -2.86. The van der Waals surface area contributed by atoms with E-state index in [0.717, 1.165) is 19.3 Å². The number of aromatic nitrogens is 2. The lowest BCUT2D eigenvalue weighted by Crippen LogP contribution is -2.40. The number of nitrogens with zero attached hydrogens (tertiary/aromatic N) is 2. The number of hydrogen-bond acceptors (Lipinski definition) is 5. The summed E-state index contributed by atoms with van der Waals surface area (Å²) < 4.78 is 29.2. The largest absolute Gasteiger partial charge is 0.480 e. The van der Waals surface area contributed by atoms with Crippen LogP contribution in [-0.2, 0) is 16.0 Å². The van der Waals surface area contributed by atoms with Crippen LogP contribution in [0.2, 0.25) is 0 Å². The van der Waals surface area contributed by atoms with Crippen molar-refractivity contribution in [3.8, 4) is 0 Å². The number of amides is 1. The first-order valence-electron chi connectivity index (χ1n) is 7.56. The second-order valence-electron chi connectivity index (χ2n) is 5.14. The monoisotopic (exact) mass is 333 g/mol. The number of rotatable bonds is 11. The Bertz CT molecular complexity index is 508. The molecule has 7 nitrogen and oxygen atoms in total. The molecule has 130 valence electrons. The van der Waals surface area contributed by atoms with Crippen LogP contribution in [0.5, 0.6) is 0 Å². The van der Waals surface area contributed by atoms with Crippen molar-refractivity contribution >= 4 is 11.9 Å². The van der Waals surface area contributed by atoms with Crippen molar-refractivity contribution in [3.63, 3.8) is 0 Å². The summed E-state index contributed by atoms with van der Waals surface area (Å²) in [6.45, 7) is 2.05. The van der Waals surface area contributed by atoms with Gasteiger partial charge in [0.05, 0.1) is 0 Å². The van der Waals surface area contributed by atoms with Crippen LogP contribution in [0.4, 0.5) is 8.78 Å². The van der Waals surface area contributed by atoms with E-state index < -0.39 is 30.2 Å². The zero-order valence-electron chi connectivity index (χ0n) is 12.9. The van der Waals surface area contributed by atoms with Gasteiger partial charge in [0.1, 0.15) is 6.04 Å². The van der Waals surface area contributed by atoms with E-state index in [4.69, 9.17) is 5.11 Å². The zero-order chi connectivity index (χ0) is 17.2. The number of carboxylic acids is 1. The molecule has 23 heavy (non-hydrogen) atoms. The lowest BCUT2D eigenvalue weighted by molar-refractivity contribution is -0.142. The second-order valence-corrected chi connectivity index (χ2v) is 5.14. The van der Waals surface area contributed by atoms with Gasteiger partial charge in [0, 0.05) is 12.8 Å². The third-order valence-corrected chi connectivity index (χ3v) is 3.21. The normalized spacial score (nSPS) is 12.3. The molecule has 0 radical (unpaired) electrons. The molecule has 1 aromatic rings. The molecule has 1 unspecified atom stereocenters. The maximum atomic E-state index is 12.3. The Balaban J connectivity index is 2.38. The zero-order valence-corrected chi connectivity index (χ0v) is 12.9. The van der Waals surface area contributed by atoms with Crippen LogP contribution < -0.4 is 5.32 Å². The number of alkyl halides is 2. The van der Waals surface area contributed by atoms with E-state index >= 15 is 0 Å². The average Bonchev–Trinajstić information content (AvgIpc) is 2.97. The first kappa shape index (κ1) is 19.0. The quantitative estimate of drug-likeness (QED) is 0.603. The molecule has 0 fully saturated rings.